The predicted octanol–water partition coefficient (Wildman–Crippen LogP) is 4.76. The maximum atomic E-state index is 14.0. The second-order valence-corrected chi connectivity index (χ2v) is 9.11. The van der Waals surface area contributed by atoms with E-state index in [0.717, 1.165) is 31.2 Å². The monoisotopic (exact) mass is 522 g/mol. The van der Waals surface area contributed by atoms with Crippen molar-refractivity contribution >= 4 is 11.8 Å². The number of carbonyl (C=O) groups excluding carboxylic acids is 2. The lowest BCUT2D eigenvalue weighted by Gasteiger charge is -2.32. The highest BCUT2D eigenvalue weighted by atomic mass is 16.5. The Morgan fingerprint density at radius 3 is 2.13 bits per heavy atom. The molecule has 0 bridgehead atoms. The van der Waals surface area contributed by atoms with Gasteiger partial charge >= 0.3 is 0 Å². The van der Waals surface area contributed by atoms with E-state index in [1.165, 1.54) is 32.5 Å². The van der Waals surface area contributed by atoms with Crippen molar-refractivity contribution in [1.82, 2.24) is 10.2 Å². The van der Waals surface area contributed by atoms with Crippen LogP contribution in [0.5, 0.6) is 23.0 Å². The van der Waals surface area contributed by atoms with E-state index in [2.05, 4.69) is 5.32 Å². The van der Waals surface area contributed by atoms with Crippen LogP contribution in [0.25, 0.3) is 0 Å². The number of carbonyl (C=O) groups is 2. The Morgan fingerprint density at radius 2 is 1.61 bits per heavy atom. The summed E-state index contributed by atoms with van der Waals surface area (Å²) in [5, 5.41) is 3.17. The largest absolute Gasteiger partial charge is 0.497 e. The van der Waals surface area contributed by atoms with Crippen LogP contribution in [0.4, 0.5) is 0 Å². The standard InChI is InChI=1S/C29H34N2O7/c1-34-22-13-11-19(12-14-22)18-31(29(33)23-10-7-15-38-23)26(28(32)30-21-8-5-6-9-21)20-16-24(35-2)27(37-4)25(17-20)36-3/h7,10-17,21,26H,5-6,8-9,18H2,1-4H3,(H,30,32)/t26-/m0/s1. The van der Waals surface area contributed by atoms with Crippen molar-refractivity contribution in [3.05, 3.63) is 71.7 Å². The van der Waals surface area contributed by atoms with Gasteiger partial charge in [0.2, 0.25) is 11.7 Å². The van der Waals surface area contributed by atoms with Gasteiger partial charge in [0.05, 0.1) is 34.7 Å². The molecule has 1 fully saturated rings. The van der Waals surface area contributed by atoms with Gasteiger partial charge in [-0.2, -0.15) is 0 Å². The third-order valence-electron chi connectivity index (χ3n) is 6.77. The summed E-state index contributed by atoms with van der Waals surface area (Å²) in [6.45, 7) is 0.142. The van der Waals surface area contributed by atoms with Crippen LogP contribution in [0, 0.1) is 0 Å². The minimum absolute atomic E-state index is 0.0496. The number of furan rings is 1. The van der Waals surface area contributed by atoms with Gasteiger partial charge < -0.3 is 33.6 Å². The summed E-state index contributed by atoms with van der Waals surface area (Å²) in [7, 11) is 6.13. The molecule has 1 atom stereocenters. The van der Waals surface area contributed by atoms with Gasteiger partial charge in [-0.3, -0.25) is 9.59 Å². The topological polar surface area (TPSA) is 99.5 Å². The lowest BCUT2D eigenvalue weighted by molar-refractivity contribution is -0.126. The Morgan fingerprint density at radius 1 is 0.947 bits per heavy atom. The fraction of sp³-hybridized carbons (Fsp3) is 0.379. The van der Waals surface area contributed by atoms with Crippen LogP contribution in [-0.2, 0) is 11.3 Å². The molecule has 202 valence electrons. The fourth-order valence-corrected chi connectivity index (χ4v) is 4.83. The van der Waals surface area contributed by atoms with Gasteiger partial charge in [-0.05, 0) is 60.4 Å². The molecule has 3 aromatic rings. The minimum Gasteiger partial charge on any atom is -0.497 e. The van der Waals surface area contributed by atoms with E-state index in [9.17, 15) is 9.59 Å². The first-order chi connectivity index (χ1) is 18.5. The van der Waals surface area contributed by atoms with Crippen molar-refractivity contribution in [2.45, 2.75) is 44.3 Å². The number of amides is 2. The van der Waals surface area contributed by atoms with Crippen LogP contribution in [-0.4, -0.2) is 51.2 Å². The molecule has 0 radical (unpaired) electrons. The highest BCUT2D eigenvalue weighted by Gasteiger charge is 2.36. The van der Waals surface area contributed by atoms with Crippen LogP contribution < -0.4 is 24.3 Å². The molecule has 2 amide bonds. The van der Waals surface area contributed by atoms with Crippen molar-refractivity contribution < 1.29 is 33.0 Å². The summed E-state index contributed by atoms with van der Waals surface area (Å²) in [6.07, 6.45) is 5.35. The van der Waals surface area contributed by atoms with E-state index in [1.54, 1.807) is 31.4 Å². The van der Waals surface area contributed by atoms with Crippen LogP contribution in [0.3, 0.4) is 0 Å². The maximum absolute atomic E-state index is 14.0. The van der Waals surface area contributed by atoms with Gasteiger partial charge in [-0.1, -0.05) is 25.0 Å². The molecule has 9 heteroatoms. The second kappa shape index (κ2) is 12.4. The smallest absolute Gasteiger partial charge is 0.290 e. The average Bonchev–Trinajstić information content (AvgIpc) is 3.67. The summed E-state index contributed by atoms with van der Waals surface area (Å²) in [5.74, 6) is 1.27. The molecule has 0 saturated heterocycles. The maximum Gasteiger partial charge on any atom is 0.290 e. The molecule has 1 N–H and O–H groups in total. The van der Waals surface area contributed by atoms with Crippen LogP contribution >= 0.6 is 0 Å². The van der Waals surface area contributed by atoms with Crippen molar-refractivity contribution in [2.24, 2.45) is 0 Å². The van der Waals surface area contributed by atoms with Crippen molar-refractivity contribution in [2.75, 3.05) is 28.4 Å². The molecule has 38 heavy (non-hydrogen) atoms. The number of benzene rings is 2. The molecule has 4 rings (SSSR count). The highest BCUT2D eigenvalue weighted by Crippen LogP contribution is 2.41. The number of nitrogens with one attached hydrogen (secondary N) is 1. The molecule has 1 heterocycles. The first kappa shape index (κ1) is 26.9. The summed E-state index contributed by atoms with van der Waals surface area (Å²) < 4.78 is 27.4. The number of hydrogen-bond acceptors (Lipinski definition) is 7. The number of hydrogen-bond donors (Lipinski definition) is 1. The van der Waals surface area contributed by atoms with Gasteiger partial charge in [0.1, 0.15) is 11.8 Å². The van der Waals surface area contributed by atoms with Crippen LogP contribution in [0.2, 0.25) is 0 Å². The average molecular weight is 523 g/mol. The fourth-order valence-electron chi connectivity index (χ4n) is 4.83. The summed E-state index contributed by atoms with van der Waals surface area (Å²) in [6, 6.07) is 13.0. The Labute approximate surface area is 222 Å². The minimum atomic E-state index is -1.01. The zero-order valence-electron chi connectivity index (χ0n) is 22.2. The molecule has 0 unspecified atom stereocenters. The second-order valence-electron chi connectivity index (χ2n) is 9.11. The first-order valence-corrected chi connectivity index (χ1v) is 12.6. The Bertz CT molecular complexity index is 1190. The summed E-state index contributed by atoms with van der Waals surface area (Å²) >= 11 is 0. The summed E-state index contributed by atoms with van der Waals surface area (Å²) in [4.78, 5) is 29.4. The number of methoxy groups -OCH3 is 4. The molecule has 9 nitrogen and oxygen atoms in total. The van der Waals surface area contributed by atoms with Gasteiger partial charge in [-0.25, -0.2) is 0 Å². The van der Waals surface area contributed by atoms with Gasteiger partial charge in [0.25, 0.3) is 5.91 Å². The first-order valence-electron chi connectivity index (χ1n) is 12.6. The molecule has 0 spiro atoms. The molecular formula is C29H34N2O7. The van der Waals surface area contributed by atoms with Crippen LogP contribution in [0.1, 0.15) is 53.4 Å². The van der Waals surface area contributed by atoms with Crippen molar-refractivity contribution in [1.29, 1.82) is 0 Å². The van der Waals surface area contributed by atoms with E-state index in [1.807, 2.05) is 24.3 Å². The number of nitrogens with zero attached hydrogens (tertiary/aromatic N) is 1. The van der Waals surface area contributed by atoms with E-state index < -0.39 is 11.9 Å². The van der Waals surface area contributed by atoms with Crippen LogP contribution in [0.15, 0.2) is 59.2 Å². The Kier molecular flexibility index (Phi) is 8.78. The lowest BCUT2D eigenvalue weighted by Crippen LogP contribution is -2.45. The predicted molar refractivity (Wildman–Crippen MR) is 141 cm³/mol. The third kappa shape index (κ3) is 5.88. The number of ether oxygens (including phenoxy) is 4. The Hall–Kier alpha value is -4.14. The molecule has 2 aromatic carbocycles. The Balaban J connectivity index is 1.83. The zero-order chi connectivity index (χ0) is 27.1. The highest BCUT2D eigenvalue weighted by molar-refractivity contribution is 5.96. The summed E-state index contributed by atoms with van der Waals surface area (Å²) in [5.41, 5.74) is 1.33. The molecule has 1 saturated carbocycles. The van der Waals surface area contributed by atoms with E-state index in [4.69, 9.17) is 23.4 Å². The van der Waals surface area contributed by atoms with Gasteiger partial charge in [0, 0.05) is 12.6 Å². The third-order valence-corrected chi connectivity index (χ3v) is 6.77. The van der Waals surface area contributed by atoms with E-state index in [-0.39, 0.29) is 24.3 Å². The SMILES string of the molecule is COc1ccc(CN(C(=O)c2ccco2)[C@H](C(=O)NC2CCCC2)c2cc(OC)c(OC)c(OC)c2)cc1. The molecule has 1 aliphatic rings. The molecule has 0 aliphatic heterocycles. The van der Waals surface area contributed by atoms with Gasteiger partial charge in [0.15, 0.2) is 17.3 Å². The quantitative estimate of drug-likeness (QED) is 0.388. The van der Waals surface area contributed by atoms with E-state index >= 15 is 0 Å². The van der Waals surface area contributed by atoms with E-state index in [0.29, 0.717) is 28.6 Å². The van der Waals surface area contributed by atoms with Crippen molar-refractivity contribution in [3.8, 4) is 23.0 Å². The number of rotatable bonds is 11. The zero-order valence-corrected chi connectivity index (χ0v) is 22.2. The normalized spacial score (nSPS) is 14.0. The lowest BCUT2D eigenvalue weighted by atomic mass is 10.0. The molecule has 1 aromatic heterocycles. The van der Waals surface area contributed by atoms with Gasteiger partial charge in [-0.15, -0.1) is 0 Å². The molecule has 1 aliphatic carbocycles. The molecular weight excluding hydrogens is 488 g/mol. The van der Waals surface area contributed by atoms with Crippen molar-refractivity contribution in [3.63, 3.8) is 0 Å².